The van der Waals surface area contributed by atoms with Crippen LogP contribution in [0, 0.1) is 0 Å². The Morgan fingerprint density at radius 3 is 2.80 bits per heavy atom. The van der Waals surface area contributed by atoms with Gasteiger partial charge in [-0.25, -0.2) is 0 Å². The van der Waals surface area contributed by atoms with E-state index in [1.165, 1.54) is 31.4 Å². The van der Waals surface area contributed by atoms with E-state index in [9.17, 15) is 0 Å². The lowest BCUT2D eigenvalue weighted by Gasteiger charge is -2.07. The van der Waals surface area contributed by atoms with Crippen molar-refractivity contribution in [2.24, 2.45) is 0 Å². The smallest absolute Gasteiger partial charge is 0.0359 e. The molecule has 0 radical (unpaired) electrons. The quantitative estimate of drug-likeness (QED) is 0.649. The summed E-state index contributed by atoms with van der Waals surface area (Å²) in [6.07, 6.45) is 7.50. The van der Waals surface area contributed by atoms with Gasteiger partial charge in [-0.15, -0.1) is 0 Å². The zero-order chi connectivity index (χ0) is 10.9. The van der Waals surface area contributed by atoms with Gasteiger partial charge in [0.05, 0.1) is 0 Å². The molecule has 1 rings (SSSR count). The molecule has 1 heterocycles. The maximum absolute atomic E-state index is 3.50. The van der Waals surface area contributed by atoms with Crippen molar-refractivity contribution in [3.05, 3.63) is 24.0 Å². The molecule has 1 aromatic rings. The molecule has 0 amide bonds. The highest BCUT2D eigenvalue weighted by Gasteiger charge is 1.97. The molecule has 0 fully saturated rings. The van der Waals surface area contributed by atoms with Crippen LogP contribution in [0.3, 0.4) is 0 Å². The molecule has 0 aliphatic carbocycles. The number of aromatic nitrogens is 1. The molecule has 0 bridgehead atoms. The Hall–Kier alpha value is -0.760. The molecule has 86 valence electrons. The third-order valence-corrected chi connectivity index (χ3v) is 2.78. The number of nitrogens with one attached hydrogen (secondary N) is 1. The number of aryl methyl sites for hydroxylation is 1. The molecule has 1 aromatic heterocycles. The fourth-order valence-electron chi connectivity index (χ4n) is 1.81. The van der Waals surface area contributed by atoms with Gasteiger partial charge in [0, 0.05) is 25.0 Å². The molecule has 0 saturated carbocycles. The second kappa shape index (κ2) is 7.52. The first kappa shape index (κ1) is 12.3. The van der Waals surface area contributed by atoms with E-state index >= 15 is 0 Å². The van der Waals surface area contributed by atoms with Crippen LogP contribution in [0.2, 0.25) is 0 Å². The first-order valence-corrected chi connectivity index (χ1v) is 6.23. The van der Waals surface area contributed by atoms with Gasteiger partial charge in [-0.05, 0) is 32.0 Å². The third kappa shape index (κ3) is 4.52. The molecule has 0 saturated heterocycles. The number of rotatable bonds is 8. The predicted molar refractivity (Wildman–Crippen MR) is 66.0 cm³/mol. The van der Waals surface area contributed by atoms with Crippen molar-refractivity contribution < 1.29 is 0 Å². The van der Waals surface area contributed by atoms with Gasteiger partial charge in [0.25, 0.3) is 0 Å². The highest BCUT2D eigenvalue weighted by molar-refractivity contribution is 5.06. The molecule has 2 nitrogen and oxygen atoms in total. The fraction of sp³-hybridized carbons (Fsp3) is 0.692. The van der Waals surface area contributed by atoms with E-state index in [-0.39, 0.29) is 0 Å². The van der Waals surface area contributed by atoms with Crippen molar-refractivity contribution in [2.45, 2.75) is 52.6 Å². The van der Waals surface area contributed by atoms with Crippen LogP contribution < -0.4 is 5.32 Å². The molecule has 0 spiro atoms. The number of unbranched alkanes of at least 4 members (excludes halogenated alkanes) is 3. The molecular formula is C13H24N2. The van der Waals surface area contributed by atoms with Crippen LogP contribution in [0.1, 0.15) is 45.2 Å². The largest absolute Gasteiger partial charge is 0.351 e. The SMILES string of the molecule is CCCCCCNCc1cccn1CC. The average molecular weight is 208 g/mol. The highest BCUT2D eigenvalue weighted by atomic mass is 15.0. The molecule has 15 heavy (non-hydrogen) atoms. The van der Waals surface area contributed by atoms with Crippen molar-refractivity contribution in [3.8, 4) is 0 Å². The van der Waals surface area contributed by atoms with Gasteiger partial charge < -0.3 is 9.88 Å². The summed E-state index contributed by atoms with van der Waals surface area (Å²) >= 11 is 0. The van der Waals surface area contributed by atoms with E-state index in [2.05, 4.69) is 42.1 Å². The van der Waals surface area contributed by atoms with Gasteiger partial charge in [0.15, 0.2) is 0 Å². The highest BCUT2D eigenvalue weighted by Crippen LogP contribution is 2.02. The lowest BCUT2D eigenvalue weighted by atomic mass is 10.2. The zero-order valence-corrected chi connectivity index (χ0v) is 10.1. The van der Waals surface area contributed by atoms with E-state index in [4.69, 9.17) is 0 Å². The van der Waals surface area contributed by atoms with E-state index in [1.807, 2.05) is 0 Å². The Kier molecular flexibility index (Phi) is 6.17. The van der Waals surface area contributed by atoms with Gasteiger partial charge in [-0.2, -0.15) is 0 Å². The molecule has 0 aliphatic heterocycles. The van der Waals surface area contributed by atoms with Crippen molar-refractivity contribution >= 4 is 0 Å². The summed E-state index contributed by atoms with van der Waals surface area (Å²) in [5.41, 5.74) is 1.40. The Morgan fingerprint density at radius 2 is 2.07 bits per heavy atom. The lowest BCUT2D eigenvalue weighted by molar-refractivity contribution is 0.578. The summed E-state index contributed by atoms with van der Waals surface area (Å²) in [4.78, 5) is 0. The number of hydrogen-bond donors (Lipinski definition) is 1. The molecular weight excluding hydrogens is 184 g/mol. The zero-order valence-electron chi connectivity index (χ0n) is 10.1. The van der Waals surface area contributed by atoms with Crippen LogP contribution in [0.25, 0.3) is 0 Å². The van der Waals surface area contributed by atoms with Crippen LogP contribution >= 0.6 is 0 Å². The van der Waals surface area contributed by atoms with Crippen molar-refractivity contribution in [1.29, 1.82) is 0 Å². The van der Waals surface area contributed by atoms with Gasteiger partial charge in [0.1, 0.15) is 0 Å². The Morgan fingerprint density at radius 1 is 1.20 bits per heavy atom. The fourth-order valence-corrected chi connectivity index (χ4v) is 1.81. The van der Waals surface area contributed by atoms with Crippen LogP contribution in [0.5, 0.6) is 0 Å². The first-order valence-electron chi connectivity index (χ1n) is 6.23. The average Bonchev–Trinajstić information content (AvgIpc) is 2.70. The second-order valence-electron chi connectivity index (χ2n) is 4.02. The number of nitrogens with zero attached hydrogens (tertiary/aromatic N) is 1. The van der Waals surface area contributed by atoms with E-state index in [0.717, 1.165) is 19.6 Å². The summed E-state index contributed by atoms with van der Waals surface area (Å²) in [6.45, 7) is 7.66. The molecule has 0 aromatic carbocycles. The van der Waals surface area contributed by atoms with Gasteiger partial charge >= 0.3 is 0 Å². The molecule has 2 heteroatoms. The van der Waals surface area contributed by atoms with Crippen molar-refractivity contribution in [2.75, 3.05) is 6.54 Å². The molecule has 1 N–H and O–H groups in total. The normalized spacial score (nSPS) is 10.8. The Bertz CT molecular complexity index is 253. The van der Waals surface area contributed by atoms with E-state index in [1.54, 1.807) is 0 Å². The maximum Gasteiger partial charge on any atom is 0.0359 e. The van der Waals surface area contributed by atoms with Crippen molar-refractivity contribution in [3.63, 3.8) is 0 Å². The monoisotopic (exact) mass is 208 g/mol. The Balaban J connectivity index is 2.09. The minimum absolute atomic E-state index is 1.01. The summed E-state index contributed by atoms with van der Waals surface area (Å²) in [6, 6.07) is 4.32. The van der Waals surface area contributed by atoms with Crippen LogP contribution in [-0.4, -0.2) is 11.1 Å². The first-order chi connectivity index (χ1) is 7.38. The summed E-state index contributed by atoms with van der Waals surface area (Å²) < 4.78 is 2.29. The molecule has 0 atom stereocenters. The summed E-state index contributed by atoms with van der Waals surface area (Å²) in [5, 5.41) is 3.50. The van der Waals surface area contributed by atoms with Gasteiger partial charge in [-0.1, -0.05) is 26.2 Å². The summed E-state index contributed by atoms with van der Waals surface area (Å²) in [7, 11) is 0. The molecule has 0 aliphatic rings. The topological polar surface area (TPSA) is 17.0 Å². The maximum atomic E-state index is 3.50. The standard InChI is InChI=1S/C13H24N2/c1-3-5-6-7-10-14-12-13-9-8-11-15(13)4-2/h8-9,11,14H,3-7,10,12H2,1-2H3. The van der Waals surface area contributed by atoms with Crippen LogP contribution in [0.15, 0.2) is 18.3 Å². The van der Waals surface area contributed by atoms with Gasteiger partial charge in [-0.3, -0.25) is 0 Å². The third-order valence-electron chi connectivity index (χ3n) is 2.78. The summed E-state index contributed by atoms with van der Waals surface area (Å²) in [5.74, 6) is 0. The van der Waals surface area contributed by atoms with E-state index < -0.39 is 0 Å². The van der Waals surface area contributed by atoms with Crippen molar-refractivity contribution in [1.82, 2.24) is 9.88 Å². The van der Waals surface area contributed by atoms with Gasteiger partial charge in [0.2, 0.25) is 0 Å². The second-order valence-corrected chi connectivity index (χ2v) is 4.02. The minimum Gasteiger partial charge on any atom is -0.351 e. The number of hydrogen-bond acceptors (Lipinski definition) is 1. The van der Waals surface area contributed by atoms with E-state index in [0.29, 0.717) is 0 Å². The Labute approximate surface area is 93.7 Å². The predicted octanol–water partition coefficient (Wildman–Crippen LogP) is 3.18. The minimum atomic E-state index is 1.01. The van der Waals surface area contributed by atoms with Crippen LogP contribution in [0.4, 0.5) is 0 Å². The van der Waals surface area contributed by atoms with Crippen LogP contribution in [-0.2, 0) is 13.1 Å². The molecule has 0 unspecified atom stereocenters. The lowest BCUT2D eigenvalue weighted by Crippen LogP contribution is -2.17.